The van der Waals surface area contributed by atoms with Gasteiger partial charge in [-0.05, 0) is 24.1 Å². The van der Waals surface area contributed by atoms with Gasteiger partial charge in [0, 0.05) is 6.42 Å². The van der Waals surface area contributed by atoms with Crippen LogP contribution < -0.4 is 0 Å². The fourth-order valence-electron chi connectivity index (χ4n) is 1.89. The molecule has 0 radical (unpaired) electrons. The Hall–Kier alpha value is -1.71. The molecule has 0 spiro atoms. The molecular formula is C15H19FO3. The second-order valence-electron chi connectivity index (χ2n) is 4.49. The Kier molecular flexibility index (Phi) is 6.19. The number of methoxy groups -OCH3 is 1. The first-order valence-electron chi connectivity index (χ1n) is 6.43. The molecule has 1 rings (SSSR count). The lowest BCUT2D eigenvalue weighted by atomic mass is 9.93. The van der Waals surface area contributed by atoms with Crippen LogP contribution >= 0.6 is 0 Å². The molecule has 0 aliphatic heterocycles. The van der Waals surface area contributed by atoms with E-state index in [1.807, 2.05) is 6.92 Å². The number of ketones is 1. The summed E-state index contributed by atoms with van der Waals surface area (Å²) in [6.07, 6.45) is 2.35. The van der Waals surface area contributed by atoms with Gasteiger partial charge in [-0.25, -0.2) is 4.39 Å². The maximum absolute atomic E-state index is 12.8. The van der Waals surface area contributed by atoms with E-state index in [2.05, 4.69) is 4.74 Å². The van der Waals surface area contributed by atoms with E-state index in [1.165, 1.54) is 19.2 Å². The lowest BCUT2D eigenvalue weighted by Gasteiger charge is -2.13. The van der Waals surface area contributed by atoms with Gasteiger partial charge in [-0.1, -0.05) is 31.9 Å². The van der Waals surface area contributed by atoms with Gasteiger partial charge in [0.25, 0.3) is 0 Å². The van der Waals surface area contributed by atoms with E-state index in [-0.39, 0.29) is 18.0 Å². The summed E-state index contributed by atoms with van der Waals surface area (Å²) in [5.41, 5.74) is 0.705. The molecule has 0 N–H and O–H groups in total. The van der Waals surface area contributed by atoms with Gasteiger partial charge in [-0.2, -0.15) is 0 Å². The van der Waals surface area contributed by atoms with Crippen molar-refractivity contribution in [1.29, 1.82) is 0 Å². The minimum absolute atomic E-state index is 0.129. The molecule has 104 valence electrons. The number of hydrogen-bond donors (Lipinski definition) is 0. The summed E-state index contributed by atoms with van der Waals surface area (Å²) in [4.78, 5) is 23.7. The molecule has 1 aromatic carbocycles. The normalized spacial score (nSPS) is 11.9. The largest absolute Gasteiger partial charge is 0.468 e. The standard InChI is InChI=1S/C15H19FO3/c1-3-4-5-13(15(18)19-2)14(17)10-11-6-8-12(16)9-7-11/h6-9,13H,3-5,10H2,1-2H3. The summed E-state index contributed by atoms with van der Waals surface area (Å²) < 4.78 is 17.4. The Morgan fingerprint density at radius 2 is 1.89 bits per heavy atom. The summed E-state index contributed by atoms with van der Waals surface area (Å²) in [7, 11) is 1.28. The van der Waals surface area contributed by atoms with Crippen molar-refractivity contribution >= 4 is 11.8 Å². The SMILES string of the molecule is CCCCC(C(=O)Cc1ccc(F)cc1)C(=O)OC. The average Bonchev–Trinajstić information content (AvgIpc) is 2.41. The van der Waals surface area contributed by atoms with Gasteiger partial charge in [-0.3, -0.25) is 9.59 Å². The van der Waals surface area contributed by atoms with Crippen LogP contribution in [0.2, 0.25) is 0 Å². The Morgan fingerprint density at radius 3 is 2.42 bits per heavy atom. The van der Waals surface area contributed by atoms with Crippen LogP contribution in [0, 0.1) is 11.7 Å². The van der Waals surface area contributed by atoms with Crippen molar-refractivity contribution < 1.29 is 18.7 Å². The van der Waals surface area contributed by atoms with Crippen LogP contribution in [-0.2, 0) is 20.7 Å². The van der Waals surface area contributed by atoms with Crippen molar-refractivity contribution in [3.63, 3.8) is 0 Å². The quantitative estimate of drug-likeness (QED) is 0.563. The minimum atomic E-state index is -0.713. The summed E-state index contributed by atoms with van der Waals surface area (Å²) in [6.45, 7) is 2.00. The molecule has 19 heavy (non-hydrogen) atoms. The van der Waals surface area contributed by atoms with Crippen molar-refractivity contribution in [3.05, 3.63) is 35.6 Å². The van der Waals surface area contributed by atoms with E-state index in [9.17, 15) is 14.0 Å². The van der Waals surface area contributed by atoms with E-state index in [4.69, 9.17) is 0 Å². The molecule has 0 fully saturated rings. The molecule has 0 aliphatic carbocycles. The number of Topliss-reactive ketones (excluding diaryl/α,β-unsaturated/α-hetero) is 1. The number of ether oxygens (including phenoxy) is 1. The van der Waals surface area contributed by atoms with Crippen LogP contribution in [0.3, 0.4) is 0 Å². The minimum Gasteiger partial charge on any atom is -0.468 e. The molecule has 0 bridgehead atoms. The maximum atomic E-state index is 12.8. The van der Waals surface area contributed by atoms with Crippen molar-refractivity contribution in [1.82, 2.24) is 0 Å². The Morgan fingerprint density at radius 1 is 1.26 bits per heavy atom. The Bertz CT molecular complexity index is 426. The smallest absolute Gasteiger partial charge is 0.316 e. The molecule has 0 aliphatic rings. The highest BCUT2D eigenvalue weighted by molar-refractivity contribution is 5.99. The monoisotopic (exact) mass is 266 g/mol. The van der Waals surface area contributed by atoms with Crippen molar-refractivity contribution in [2.24, 2.45) is 5.92 Å². The van der Waals surface area contributed by atoms with Gasteiger partial charge in [0.1, 0.15) is 11.7 Å². The predicted molar refractivity (Wildman–Crippen MR) is 70.1 cm³/mol. The third kappa shape index (κ3) is 4.81. The molecule has 1 aromatic rings. The molecule has 0 heterocycles. The van der Waals surface area contributed by atoms with Crippen molar-refractivity contribution in [2.45, 2.75) is 32.6 Å². The molecule has 4 heteroatoms. The highest BCUT2D eigenvalue weighted by Crippen LogP contribution is 2.15. The molecule has 0 amide bonds. The third-order valence-corrected chi connectivity index (χ3v) is 3.01. The van der Waals surface area contributed by atoms with Crippen LogP contribution in [-0.4, -0.2) is 18.9 Å². The van der Waals surface area contributed by atoms with E-state index in [0.29, 0.717) is 12.0 Å². The van der Waals surface area contributed by atoms with E-state index in [0.717, 1.165) is 12.8 Å². The van der Waals surface area contributed by atoms with Gasteiger partial charge in [-0.15, -0.1) is 0 Å². The number of rotatable bonds is 7. The van der Waals surface area contributed by atoms with Gasteiger partial charge in [0.2, 0.25) is 0 Å². The zero-order chi connectivity index (χ0) is 14.3. The van der Waals surface area contributed by atoms with Crippen molar-refractivity contribution in [2.75, 3.05) is 7.11 Å². The number of halogens is 1. The highest BCUT2D eigenvalue weighted by atomic mass is 19.1. The van der Waals surface area contributed by atoms with Gasteiger partial charge in [0.15, 0.2) is 5.78 Å². The summed E-state index contributed by atoms with van der Waals surface area (Å²) in [5.74, 6) is -1.71. The fourth-order valence-corrected chi connectivity index (χ4v) is 1.89. The average molecular weight is 266 g/mol. The lowest BCUT2D eigenvalue weighted by molar-refractivity contribution is -0.149. The van der Waals surface area contributed by atoms with Crippen LogP contribution in [0.5, 0.6) is 0 Å². The van der Waals surface area contributed by atoms with Crippen LogP contribution in [0.25, 0.3) is 0 Å². The highest BCUT2D eigenvalue weighted by Gasteiger charge is 2.26. The van der Waals surface area contributed by atoms with E-state index < -0.39 is 11.9 Å². The first-order chi connectivity index (χ1) is 9.08. The number of carbonyl (C=O) groups excluding carboxylic acids is 2. The Labute approximate surface area is 112 Å². The van der Waals surface area contributed by atoms with Crippen molar-refractivity contribution in [3.8, 4) is 0 Å². The number of benzene rings is 1. The predicted octanol–water partition coefficient (Wildman–Crippen LogP) is 2.92. The number of hydrogen-bond acceptors (Lipinski definition) is 3. The van der Waals surface area contributed by atoms with Gasteiger partial charge >= 0.3 is 5.97 Å². The molecular weight excluding hydrogens is 247 g/mol. The topological polar surface area (TPSA) is 43.4 Å². The van der Waals surface area contributed by atoms with Gasteiger partial charge < -0.3 is 4.74 Å². The molecule has 0 saturated heterocycles. The first kappa shape index (κ1) is 15.3. The molecule has 0 aromatic heterocycles. The van der Waals surface area contributed by atoms with Crippen LogP contribution in [0.1, 0.15) is 31.7 Å². The number of unbranched alkanes of at least 4 members (excludes halogenated alkanes) is 1. The Balaban J connectivity index is 2.70. The summed E-state index contributed by atoms with van der Waals surface area (Å²) in [5, 5.41) is 0. The fraction of sp³-hybridized carbons (Fsp3) is 0.467. The van der Waals surface area contributed by atoms with E-state index >= 15 is 0 Å². The second-order valence-corrected chi connectivity index (χ2v) is 4.49. The zero-order valence-electron chi connectivity index (χ0n) is 11.3. The molecule has 3 nitrogen and oxygen atoms in total. The molecule has 0 saturated carbocycles. The summed E-state index contributed by atoms with van der Waals surface area (Å²) >= 11 is 0. The third-order valence-electron chi connectivity index (χ3n) is 3.01. The zero-order valence-corrected chi connectivity index (χ0v) is 11.3. The summed E-state index contributed by atoms with van der Waals surface area (Å²) in [6, 6.07) is 5.73. The second kappa shape index (κ2) is 7.67. The van der Waals surface area contributed by atoms with Crippen LogP contribution in [0.15, 0.2) is 24.3 Å². The van der Waals surface area contributed by atoms with Crippen LogP contribution in [0.4, 0.5) is 4.39 Å². The maximum Gasteiger partial charge on any atom is 0.316 e. The number of esters is 1. The molecule has 1 unspecified atom stereocenters. The lowest BCUT2D eigenvalue weighted by Crippen LogP contribution is -2.26. The van der Waals surface area contributed by atoms with E-state index in [1.54, 1.807) is 12.1 Å². The molecule has 1 atom stereocenters. The van der Waals surface area contributed by atoms with Gasteiger partial charge in [0.05, 0.1) is 7.11 Å². The number of carbonyl (C=O) groups is 2. The first-order valence-corrected chi connectivity index (χ1v) is 6.43.